The van der Waals surface area contributed by atoms with Gasteiger partial charge < -0.3 is 5.32 Å². The Bertz CT molecular complexity index is 1020. The van der Waals surface area contributed by atoms with E-state index in [0.717, 1.165) is 32.5 Å². The van der Waals surface area contributed by atoms with E-state index in [-0.39, 0.29) is 11.7 Å². The van der Waals surface area contributed by atoms with E-state index in [2.05, 4.69) is 34.5 Å². The third kappa shape index (κ3) is 5.47. The first kappa shape index (κ1) is 21.0. The summed E-state index contributed by atoms with van der Waals surface area (Å²) in [6, 6.07) is 26.7. The van der Waals surface area contributed by atoms with Crippen LogP contribution < -0.4 is 5.32 Å². The lowest BCUT2D eigenvalue weighted by Crippen LogP contribution is -2.40. The molecular weight excluding hydrogens is 384 g/mol. The highest BCUT2D eigenvalue weighted by Gasteiger charge is 2.22. The summed E-state index contributed by atoms with van der Waals surface area (Å²) in [6.07, 6.45) is 2.24. The average Bonchev–Trinajstić information content (AvgIpc) is 2.83. The van der Waals surface area contributed by atoms with Crippen LogP contribution in [0.25, 0.3) is 0 Å². The normalized spacial score (nSPS) is 16.6. The number of nitrogens with zero attached hydrogens (tertiary/aromatic N) is 1. The zero-order valence-electron chi connectivity index (χ0n) is 17.7. The molecule has 0 saturated carbocycles. The second-order valence-electron chi connectivity index (χ2n) is 8.18. The number of carbonyl (C=O) groups is 2. The van der Waals surface area contributed by atoms with Gasteiger partial charge in [-0.05, 0) is 36.9 Å². The number of piperidine rings is 1. The Labute approximate surface area is 183 Å². The SMILES string of the molecule is O=C(NCC1CCCN(Cc2ccccc2)C1)c1ccccc1C(=O)c1ccccc1. The Morgan fingerprint density at radius 2 is 1.48 bits per heavy atom. The summed E-state index contributed by atoms with van der Waals surface area (Å²) in [4.78, 5) is 28.3. The van der Waals surface area contributed by atoms with Gasteiger partial charge in [0.2, 0.25) is 0 Å². The number of rotatable bonds is 7. The second-order valence-corrected chi connectivity index (χ2v) is 8.18. The van der Waals surface area contributed by atoms with Gasteiger partial charge in [-0.15, -0.1) is 0 Å². The minimum atomic E-state index is -0.180. The Kier molecular flexibility index (Phi) is 6.90. The Morgan fingerprint density at radius 1 is 0.839 bits per heavy atom. The molecule has 31 heavy (non-hydrogen) atoms. The molecule has 0 aliphatic carbocycles. The fraction of sp³-hybridized carbons (Fsp3) is 0.259. The summed E-state index contributed by atoms with van der Waals surface area (Å²) in [5, 5.41) is 3.08. The molecule has 0 aromatic heterocycles. The molecule has 1 aliphatic heterocycles. The molecule has 4 nitrogen and oxygen atoms in total. The van der Waals surface area contributed by atoms with Crippen LogP contribution in [-0.2, 0) is 6.54 Å². The van der Waals surface area contributed by atoms with Gasteiger partial charge in [0.05, 0.1) is 5.56 Å². The van der Waals surface area contributed by atoms with Gasteiger partial charge in [0.25, 0.3) is 5.91 Å². The van der Waals surface area contributed by atoms with Gasteiger partial charge in [-0.2, -0.15) is 0 Å². The molecule has 1 N–H and O–H groups in total. The number of hydrogen-bond donors (Lipinski definition) is 1. The maximum atomic E-state index is 12.9. The number of hydrogen-bond acceptors (Lipinski definition) is 3. The topological polar surface area (TPSA) is 49.4 Å². The molecule has 1 saturated heterocycles. The maximum Gasteiger partial charge on any atom is 0.252 e. The van der Waals surface area contributed by atoms with Crippen LogP contribution in [0.1, 0.15) is 44.7 Å². The van der Waals surface area contributed by atoms with E-state index < -0.39 is 0 Å². The zero-order chi connectivity index (χ0) is 21.5. The van der Waals surface area contributed by atoms with Crippen LogP contribution in [0.2, 0.25) is 0 Å². The van der Waals surface area contributed by atoms with E-state index in [0.29, 0.717) is 29.2 Å². The van der Waals surface area contributed by atoms with Crippen molar-refractivity contribution < 1.29 is 9.59 Å². The van der Waals surface area contributed by atoms with Crippen molar-refractivity contribution in [3.63, 3.8) is 0 Å². The van der Waals surface area contributed by atoms with Crippen LogP contribution >= 0.6 is 0 Å². The molecule has 1 aliphatic rings. The number of nitrogens with one attached hydrogen (secondary N) is 1. The smallest absolute Gasteiger partial charge is 0.252 e. The van der Waals surface area contributed by atoms with Crippen molar-refractivity contribution in [3.8, 4) is 0 Å². The van der Waals surface area contributed by atoms with E-state index in [4.69, 9.17) is 0 Å². The molecule has 158 valence electrons. The standard InChI is InChI=1S/C27H28N2O2/c30-26(23-13-5-2-6-14-23)24-15-7-8-16-25(24)27(31)28-18-22-12-9-17-29(20-22)19-21-10-3-1-4-11-21/h1-8,10-11,13-16,22H,9,12,17-20H2,(H,28,31). The third-order valence-corrected chi connectivity index (χ3v) is 5.86. The minimum absolute atomic E-state index is 0.127. The highest BCUT2D eigenvalue weighted by atomic mass is 16.2. The quantitative estimate of drug-likeness (QED) is 0.579. The van der Waals surface area contributed by atoms with Crippen molar-refractivity contribution in [2.45, 2.75) is 19.4 Å². The van der Waals surface area contributed by atoms with E-state index in [1.54, 1.807) is 36.4 Å². The largest absolute Gasteiger partial charge is 0.352 e. The van der Waals surface area contributed by atoms with E-state index >= 15 is 0 Å². The van der Waals surface area contributed by atoms with Gasteiger partial charge >= 0.3 is 0 Å². The van der Waals surface area contributed by atoms with Crippen molar-refractivity contribution in [2.75, 3.05) is 19.6 Å². The van der Waals surface area contributed by atoms with Crippen molar-refractivity contribution in [1.29, 1.82) is 0 Å². The van der Waals surface area contributed by atoms with Crippen molar-refractivity contribution >= 4 is 11.7 Å². The van der Waals surface area contributed by atoms with Crippen LogP contribution in [0, 0.1) is 5.92 Å². The van der Waals surface area contributed by atoms with Crippen LogP contribution in [0.3, 0.4) is 0 Å². The Hall–Kier alpha value is -3.24. The lowest BCUT2D eigenvalue weighted by Gasteiger charge is -2.32. The molecule has 0 bridgehead atoms. The zero-order valence-corrected chi connectivity index (χ0v) is 17.7. The predicted octanol–water partition coefficient (Wildman–Crippen LogP) is 4.56. The number of amides is 1. The van der Waals surface area contributed by atoms with Gasteiger partial charge in [-0.3, -0.25) is 14.5 Å². The molecule has 4 heteroatoms. The molecule has 1 heterocycles. The molecule has 4 rings (SSSR count). The van der Waals surface area contributed by atoms with Crippen LogP contribution in [0.5, 0.6) is 0 Å². The van der Waals surface area contributed by atoms with Crippen molar-refractivity contribution in [3.05, 3.63) is 107 Å². The first-order valence-corrected chi connectivity index (χ1v) is 10.9. The predicted molar refractivity (Wildman–Crippen MR) is 123 cm³/mol. The summed E-state index contributed by atoms with van der Waals surface area (Å²) in [5.41, 5.74) is 2.79. The molecule has 3 aromatic rings. The van der Waals surface area contributed by atoms with Crippen molar-refractivity contribution in [2.24, 2.45) is 5.92 Å². The monoisotopic (exact) mass is 412 g/mol. The highest BCUT2D eigenvalue weighted by Crippen LogP contribution is 2.19. The maximum absolute atomic E-state index is 12.9. The average molecular weight is 413 g/mol. The number of benzene rings is 3. The molecule has 1 amide bonds. The summed E-state index contributed by atoms with van der Waals surface area (Å²) >= 11 is 0. The number of likely N-dealkylation sites (tertiary alicyclic amines) is 1. The van der Waals surface area contributed by atoms with Gasteiger partial charge in [0.15, 0.2) is 5.78 Å². The first-order valence-electron chi connectivity index (χ1n) is 10.9. The van der Waals surface area contributed by atoms with Gasteiger partial charge in [-0.25, -0.2) is 0 Å². The Morgan fingerprint density at radius 3 is 2.23 bits per heavy atom. The summed E-state index contributed by atoms with van der Waals surface area (Å²) in [6.45, 7) is 3.63. The van der Waals surface area contributed by atoms with Crippen LogP contribution in [0.4, 0.5) is 0 Å². The van der Waals surface area contributed by atoms with E-state index in [9.17, 15) is 9.59 Å². The van der Waals surface area contributed by atoms with Gasteiger partial charge in [0, 0.05) is 30.8 Å². The molecule has 3 aromatic carbocycles. The fourth-order valence-electron chi connectivity index (χ4n) is 4.26. The molecule has 1 unspecified atom stereocenters. The molecule has 0 spiro atoms. The Balaban J connectivity index is 1.37. The summed E-state index contributed by atoms with van der Waals surface area (Å²) in [7, 11) is 0. The van der Waals surface area contributed by atoms with Crippen LogP contribution in [-0.4, -0.2) is 36.2 Å². The first-order chi connectivity index (χ1) is 15.2. The van der Waals surface area contributed by atoms with Crippen molar-refractivity contribution in [1.82, 2.24) is 10.2 Å². The van der Waals surface area contributed by atoms with Gasteiger partial charge in [-0.1, -0.05) is 78.9 Å². The number of ketones is 1. The summed E-state index contributed by atoms with van der Waals surface area (Å²) in [5.74, 6) is 0.108. The lowest BCUT2D eigenvalue weighted by molar-refractivity contribution is 0.0921. The molecule has 1 fully saturated rings. The molecule has 1 atom stereocenters. The minimum Gasteiger partial charge on any atom is -0.352 e. The lowest BCUT2D eigenvalue weighted by atomic mass is 9.96. The molecule has 0 radical (unpaired) electrons. The second kappa shape index (κ2) is 10.2. The van der Waals surface area contributed by atoms with E-state index in [1.807, 2.05) is 24.3 Å². The van der Waals surface area contributed by atoms with Crippen LogP contribution in [0.15, 0.2) is 84.9 Å². The van der Waals surface area contributed by atoms with Gasteiger partial charge in [0.1, 0.15) is 0 Å². The van der Waals surface area contributed by atoms with E-state index in [1.165, 1.54) is 5.56 Å². The molecular formula is C27H28N2O2. The highest BCUT2D eigenvalue weighted by molar-refractivity contribution is 6.15. The third-order valence-electron chi connectivity index (χ3n) is 5.86. The fourth-order valence-corrected chi connectivity index (χ4v) is 4.26. The summed E-state index contributed by atoms with van der Waals surface area (Å²) < 4.78 is 0. The number of carbonyl (C=O) groups excluding carboxylic acids is 2.